The lowest BCUT2D eigenvalue weighted by Gasteiger charge is -2.15. The number of amides is 2. The average Bonchev–Trinajstić information content (AvgIpc) is 2.98. The third-order valence-electron chi connectivity index (χ3n) is 3.83. The van der Waals surface area contributed by atoms with Crippen LogP contribution in [0.4, 0.5) is 20.2 Å². The maximum Gasteiger partial charge on any atom is 0.290 e. The van der Waals surface area contributed by atoms with E-state index in [9.17, 15) is 18.4 Å². The normalized spacial score (nSPS) is 13.0. The predicted octanol–water partition coefficient (Wildman–Crippen LogP) is 3.56. The number of fused-ring (bicyclic) bond motifs is 1. The van der Waals surface area contributed by atoms with E-state index in [1.807, 2.05) is 0 Å². The number of hydrogen-bond donors (Lipinski definition) is 1. The molecule has 25 heavy (non-hydrogen) atoms. The summed E-state index contributed by atoms with van der Waals surface area (Å²) in [6, 6.07) is 8.24. The first kappa shape index (κ1) is 17.3. The van der Waals surface area contributed by atoms with Crippen LogP contribution in [-0.2, 0) is 11.2 Å². The van der Waals surface area contributed by atoms with Gasteiger partial charge in [-0.2, -0.15) is 8.78 Å². The number of benzene rings is 1. The number of hydrogen-bond acceptors (Lipinski definition) is 4. The lowest BCUT2D eigenvalue weighted by Crippen LogP contribution is -2.25. The first-order valence-electron chi connectivity index (χ1n) is 7.58. The molecular weight excluding hydrogens is 348 g/mol. The number of carbonyl (C=O) groups excluding carboxylic acids is 2. The fraction of sp³-hybridized carbons (Fsp3) is 0.235. The van der Waals surface area contributed by atoms with Gasteiger partial charge in [0.1, 0.15) is 5.03 Å². The van der Waals surface area contributed by atoms with E-state index in [4.69, 9.17) is 0 Å². The van der Waals surface area contributed by atoms with Gasteiger partial charge in [0.15, 0.2) is 0 Å². The molecule has 0 radical (unpaired) electrons. The SMILES string of the molecule is CC(=O)N1CCc2cc(NC(=O)c3cccnc3SC(F)F)ccc21. The quantitative estimate of drug-likeness (QED) is 0.844. The van der Waals surface area contributed by atoms with Crippen LogP contribution in [-0.4, -0.2) is 29.1 Å². The minimum Gasteiger partial charge on any atom is -0.322 e. The Labute approximate surface area is 147 Å². The standard InChI is InChI=1S/C17H15F2N3O2S/c1-10(23)22-8-6-11-9-12(4-5-14(11)22)21-15(24)13-3-2-7-20-16(13)25-17(18)19/h2-5,7,9,17H,6,8H2,1H3,(H,21,24). The fourth-order valence-electron chi connectivity index (χ4n) is 2.75. The number of thioether (sulfide) groups is 1. The first-order chi connectivity index (χ1) is 12.0. The Kier molecular flexibility index (Phi) is 4.98. The minimum atomic E-state index is -2.65. The number of nitrogens with one attached hydrogen (secondary N) is 1. The van der Waals surface area contributed by atoms with Gasteiger partial charge in [0.05, 0.1) is 5.56 Å². The van der Waals surface area contributed by atoms with E-state index < -0.39 is 11.7 Å². The van der Waals surface area contributed by atoms with Crippen molar-refractivity contribution in [2.45, 2.75) is 24.1 Å². The molecule has 0 aliphatic carbocycles. The average molecular weight is 363 g/mol. The summed E-state index contributed by atoms with van der Waals surface area (Å²) in [6.45, 7) is 2.12. The van der Waals surface area contributed by atoms with Gasteiger partial charge in [-0.05, 0) is 54.1 Å². The molecule has 1 aromatic carbocycles. The smallest absolute Gasteiger partial charge is 0.290 e. The highest BCUT2D eigenvalue weighted by atomic mass is 32.2. The van der Waals surface area contributed by atoms with Crippen LogP contribution in [0.2, 0.25) is 0 Å². The van der Waals surface area contributed by atoms with E-state index in [1.54, 1.807) is 23.1 Å². The molecule has 2 amide bonds. The first-order valence-corrected chi connectivity index (χ1v) is 8.46. The van der Waals surface area contributed by atoms with Crippen molar-refractivity contribution in [2.24, 2.45) is 0 Å². The summed E-state index contributed by atoms with van der Waals surface area (Å²) in [5.41, 5.74) is 2.44. The zero-order chi connectivity index (χ0) is 18.0. The number of nitrogens with zero attached hydrogens (tertiary/aromatic N) is 2. The largest absolute Gasteiger partial charge is 0.322 e. The molecule has 130 valence electrons. The highest BCUT2D eigenvalue weighted by Crippen LogP contribution is 2.31. The molecule has 1 aromatic heterocycles. The van der Waals surface area contributed by atoms with E-state index in [0.717, 1.165) is 11.3 Å². The zero-order valence-electron chi connectivity index (χ0n) is 13.3. The Balaban J connectivity index is 1.80. The molecule has 0 bridgehead atoms. The molecule has 0 saturated carbocycles. The minimum absolute atomic E-state index is 0.0149. The Hall–Kier alpha value is -2.48. The van der Waals surface area contributed by atoms with Gasteiger partial charge in [0.2, 0.25) is 5.91 Å². The van der Waals surface area contributed by atoms with Gasteiger partial charge in [0.25, 0.3) is 11.7 Å². The fourth-order valence-corrected chi connectivity index (χ4v) is 3.33. The number of halogens is 2. The van der Waals surface area contributed by atoms with Gasteiger partial charge in [-0.3, -0.25) is 9.59 Å². The molecule has 1 aliphatic rings. The second kappa shape index (κ2) is 7.18. The lowest BCUT2D eigenvalue weighted by molar-refractivity contribution is -0.116. The molecule has 0 fully saturated rings. The van der Waals surface area contributed by atoms with E-state index in [2.05, 4.69) is 10.3 Å². The summed E-state index contributed by atoms with van der Waals surface area (Å²) >= 11 is 0.238. The van der Waals surface area contributed by atoms with Gasteiger partial charge in [-0.15, -0.1) is 0 Å². The highest BCUT2D eigenvalue weighted by Gasteiger charge is 2.23. The van der Waals surface area contributed by atoms with Crippen molar-refractivity contribution >= 4 is 35.0 Å². The van der Waals surface area contributed by atoms with Crippen LogP contribution < -0.4 is 10.2 Å². The van der Waals surface area contributed by atoms with Crippen molar-refractivity contribution in [1.82, 2.24) is 4.98 Å². The van der Waals surface area contributed by atoms with Crippen molar-refractivity contribution in [2.75, 3.05) is 16.8 Å². The molecule has 2 heterocycles. The van der Waals surface area contributed by atoms with Gasteiger partial charge < -0.3 is 10.2 Å². The van der Waals surface area contributed by atoms with Gasteiger partial charge >= 0.3 is 0 Å². The van der Waals surface area contributed by atoms with Crippen molar-refractivity contribution in [3.8, 4) is 0 Å². The topological polar surface area (TPSA) is 62.3 Å². The van der Waals surface area contributed by atoms with E-state index in [-0.39, 0.29) is 28.3 Å². The van der Waals surface area contributed by atoms with Crippen LogP contribution in [0, 0.1) is 0 Å². The predicted molar refractivity (Wildman–Crippen MR) is 92.2 cm³/mol. The summed E-state index contributed by atoms with van der Waals surface area (Å²) in [7, 11) is 0. The summed E-state index contributed by atoms with van der Waals surface area (Å²) in [5.74, 6) is -3.18. The molecule has 2 aromatic rings. The molecule has 1 aliphatic heterocycles. The molecule has 8 heteroatoms. The van der Waals surface area contributed by atoms with Gasteiger partial charge in [0, 0.05) is 31.0 Å². The number of aromatic nitrogens is 1. The van der Waals surface area contributed by atoms with Crippen LogP contribution in [0.25, 0.3) is 0 Å². The highest BCUT2D eigenvalue weighted by molar-refractivity contribution is 7.99. The van der Waals surface area contributed by atoms with Crippen LogP contribution in [0.5, 0.6) is 0 Å². The molecule has 1 N–H and O–H groups in total. The monoisotopic (exact) mass is 363 g/mol. The Morgan fingerprint density at radius 1 is 1.32 bits per heavy atom. The summed E-state index contributed by atoms with van der Waals surface area (Å²) < 4.78 is 25.2. The Morgan fingerprint density at radius 3 is 2.84 bits per heavy atom. The van der Waals surface area contributed by atoms with Crippen molar-refractivity contribution < 1.29 is 18.4 Å². The number of alkyl halides is 2. The second-order valence-corrected chi connectivity index (χ2v) is 6.43. The van der Waals surface area contributed by atoms with Crippen LogP contribution in [0.3, 0.4) is 0 Å². The number of pyridine rings is 1. The Bertz CT molecular complexity index is 829. The van der Waals surface area contributed by atoms with Crippen molar-refractivity contribution in [3.05, 3.63) is 47.7 Å². The molecule has 0 unspecified atom stereocenters. The Morgan fingerprint density at radius 2 is 2.12 bits per heavy atom. The van der Waals surface area contributed by atoms with Crippen LogP contribution in [0.1, 0.15) is 22.8 Å². The summed E-state index contributed by atoms with van der Waals surface area (Å²) in [6.07, 6.45) is 2.07. The van der Waals surface area contributed by atoms with Crippen LogP contribution >= 0.6 is 11.8 Å². The zero-order valence-corrected chi connectivity index (χ0v) is 14.1. The molecule has 3 rings (SSSR count). The molecule has 0 atom stereocenters. The number of anilines is 2. The number of rotatable bonds is 4. The molecule has 0 saturated heterocycles. The third-order valence-corrected chi connectivity index (χ3v) is 4.56. The molecule has 5 nitrogen and oxygen atoms in total. The van der Waals surface area contributed by atoms with E-state index in [0.29, 0.717) is 18.7 Å². The van der Waals surface area contributed by atoms with Gasteiger partial charge in [-0.25, -0.2) is 4.98 Å². The second-order valence-electron chi connectivity index (χ2n) is 5.45. The van der Waals surface area contributed by atoms with Crippen molar-refractivity contribution in [1.29, 1.82) is 0 Å². The molecule has 0 spiro atoms. The lowest BCUT2D eigenvalue weighted by atomic mass is 10.1. The van der Waals surface area contributed by atoms with Crippen molar-refractivity contribution in [3.63, 3.8) is 0 Å². The summed E-state index contributed by atoms with van der Waals surface area (Å²) in [5, 5.41) is 2.69. The maximum absolute atomic E-state index is 12.6. The van der Waals surface area contributed by atoms with E-state index >= 15 is 0 Å². The third kappa shape index (κ3) is 3.79. The molecular formula is C17H15F2N3O2S. The maximum atomic E-state index is 12.6. The van der Waals surface area contributed by atoms with Crippen LogP contribution in [0.15, 0.2) is 41.6 Å². The van der Waals surface area contributed by atoms with E-state index in [1.165, 1.54) is 25.3 Å². The summed E-state index contributed by atoms with van der Waals surface area (Å²) in [4.78, 5) is 29.5. The number of carbonyl (C=O) groups is 2. The van der Waals surface area contributed by atoms with Gasteiger partial charge in [-0.1, -0.05) is 0 Å².